The van der Waals surface area contributed by atoms with Gasteiger partial charge in [0.2, 0.25) is 0 Å². The minimum atomic E-state index is -1.12. The van der Waals surface area contributed by atoms with E-state index >= 15 is 0 Å². The van der Waals surface area contributed by atoms with E-state index in [0.717, 1.165) is 19.3 Å². The topological polar surface area (TPSA) is 55.4 Å². The molecule has 7 heteroatoms. The SMILES string of the molecule is CCCOOB(OOCCC)OOCCC. The van der Waals surface area contributed by atoms with Gasteiger partial charge in [0.1, 0.15) is 0 Å². The summed E-state index contributed by atoms with van der Waals surface area (Å²) < 4.78 is 0. The lowest BCUT2D eigenvalue weighted by molar-refractivity contribution is -0.347. The van der Waals surface area contributed by atoms with Gasteiger partial charge in [0.15, 0.2) is 0 Å². The molecule has 16 heavy (non-hydrogen) atoms. The molecule has 0 aliphatic rings. The van der Waals surface area contributed by atoms with E-state index in [1.165, 1.54) is 0 Å². The lowest BCUT2D eigenvalue weighted by Crippen LogP contribution is -2.28. The molecule has 0 saturated carbocycles. The van der Waals surface area contributed by atoms with Gasteiger partial charge in [-0.1, -0.05) is 20.8 Å². The minimum Gasteiger partial charge on any atom is -0.247 e. The Kier molecular flexibility index (Phi) is 12.8. The van der Waals surface area contributed by atoms with Crippen LogP contribution < -0.4 is 0 Å². The fourth-order valence-electron chi connectivity index (χ4n) is 0.609. The van der Waals surface area contributed by atoms with E-state index in [9.17, 15) is 0 Å². The van der Waals surface area contributed by atoms with Gasteiger partial charge in [0.05, 0.1) is 19.8 Å². The average molecular weight is 236 g/mol. The largest absolute Gasteiger partial charge is 0.725 e. The summed E-state index contributed by atoms with van der Waals surface area (Å²) in [5.41, 5.74) is 0. The maximum Gasteiger partial charge on any atom is 0.725 e. The van der Waals surface area contributed by atoms with Gasteiger partial charge < -0.3 is 0 Å². The Labute approximate surface area is 97.1 Å². The first kappa shape index (κ1) is 15.8. The molecule has 0 aliphatic heterocycles. The van der Waals surface area contributed by atoms with Crippen molar-refractivity contribution in [1.82, 2.24) is 0 Å². The van der Waals surface area contributed by atoms with Crippen LogP contribution >= 0.6 is 0 Å². The highest BCUT2D eigenvalue weighted by molar-refractivity contribution is 6.35. The number of rotatable bonds is 12. The first-order valence-corrected chi connectivity index (χ1v) is 5.69. The lowest BCUT2D eigenvalue weighted by atomic mass is 10.3. The van der Waals surface area contributed by atoms with Crippen LogP contribution in [0.15, 0.2) is 0 Å². The van der Waals surface area contributed by atoms with Crippen molar-refractivity contribution in [3.8, 4) is 0 Å². The quantitative estimate of drug-likeness (QED) is 0.224. The van der Waals surface area contributed by atoms with Gasteiger partial charge >= 0.3 is 7.32 Å². The first-order valence-electron chi connectivity index (χ1n) is 5.69. The van der Waals surface area contributed by atoms with Gasteiger partial charge in [-0.2, -0.15) is 0 Å². The van der Waals surface area contributed by atoms with Crippen molar-refractivity contribution in [3.05, 3.63) is 0 Å². The summed E-state index contributed by atoms with van der Waals surface area (Å²) >= 11 is 0. The zero-order chi connectivity index (χ0) is 12.1. The Balaban J connectivity index is 3.58. The predicted octanol–water partition coefficient (Wildman–Crippen LogP) is 2.05. The Morgan fingerprint density at radius 3 is 1.19 bits per heavy atom. The second-order valence-electron chi connectivity index (χ2n) is 3.04. The molecule has 6 nitrogen and oxygen atoms in total. The predicted molar refractivity (Wildman–Crippen MR) is 57.7 cm³/mol. The summed E-state index contributed by atoms with van der Waals surface area (Å²) in [6.45, 7) is 7.23. The molecule has 0 aliphatic carbocycles. The third kappa shape index (κ3) is 10.3. The van der Waals surface area contributed by atoms with Gasteiger partial charge in [-0.05, 0) is 19.3 Å². The third-order valence-corrected chi connectivity index (χ3v) is 1.30. The number of hydrogen-bond acceptors (Lipinski definition) is 6. The standard InChI is InChI=1S/C9H21BO6/c1-4-7-11-14-10(15-12-8-5-2)16-13-9-6-3/h4-9H2,1-3H3. The van der Waals surface area contributed by atoms with Crippen molar-refractivity contribution in [2.75, 3.05) is 19.8 Å². The molecule has 0 radical (unpaired) electrons. The maximum absolute atomic E-state index is 4.80. The highest BCUT2D eigenvalue weighted by Gasteiger charge is 2.26. The average Bonchev–Trinajstić information content (AvgIpc) is 2.29. The molecular weight excluding hydrogens is 215 g/mol. The first-order chi connectivity index (χ1) is 7.85. The van der Waals surface area contributed by atoms with Crippen LogP contribution in [0.25, 0.3) is 0 Å². The van der Waals surface area contributed by atoms with Crippen molar-refractivity contribution in [3.63, 3.8) is 0 Å². The molecule has 96 valence electrons. The second-order valence-corrected chi connectivity index (χ2v) is 3.04. The number of hydrogen-bond donors (Lipinski definition) is 0. The summed E-state index contributed by atoms with van der Waals surface area (Å²) in [5.74, 6) is 0. The van der Waals surface area contributed by atoms with Gasteiger partial charge in [0, 0.05) is 0 Å². The van der Waals surface area contributed by atoms with Crippen LogP contribution in [-0.2, 0) is 29.1 Å². The Hall–Kier alpha value is -0.175. The molecule has 0 rings (SSSR count). The molecule has 0 aromatic heterocycles. The van der Waals surface area contributed by atoms with Crippen LogP contribution in [-0.4, -0.2) is 27.1 Å². The van der Waals surface area contributed by atoms with Crippen LogP contribution in [0.2, 0.25) is 0 Å². The molecule has 0 spiro atoms. The summed E-state index contributed by atoms with van der Waals surface area (Å²) in [6, 6.07) is 0. The maximum atomic E-state index is 4.80. The molecular formula is C9H21BO6. The highest BCUT2D eigenvalue weighted by Crippen LogP contribution is 1.98. The molecule has 0 heterocycles. The van der Waals surface area contributed by atoms with E-state index < -0.39 is 7.32 Å². The fraction of sp³-hybridized carbons (Fsp3) is 1.00. The van der Waals surface area contributed by atoms with Crippen LogP contribution in [0.3, 0.4) is 0 Å². The molecule has 0 aromatic rings. The smallest absolute Gasteiger partial charge is 0.247 e. The van der Waals surface area contributed by atoms with Crippen LogP contribution in [0, 0.1) is 0 Å². The highest BCUT2D eigenvalue weighted by atomic mass is 17.3. The van der Waals surface area contributed by atoms with Crippen molar-refractivity contribution in [2.45, 2.75) is 40.0 Å². The zero-order valence-electron chi connectivity index (χ0n) is 10.3. The van der Waals surface area contributed by atoms with Crippen LogP contribution in [0.1, 0.15) is 40.0 Å². The Bertz CT molecular complexity index is 113. The van der Waals surface area contributed by atoms with Crippen molar-refractivity contribution in [2.24, 2.45) is 0 Å². The van der Waals surface area contributed by atoms with Crippen LogP contribution in [0.5, 0.6) is 0 Å². The van der Waals surface area contributed by atoms with E-state index in [0.29, 0.717) is 19.8 Å². The molecule has 0 aromatic carbocycles. The van der Waals surface area contributed by atoms with E-state index in [1.54, 1.807) is 0 Å². The molecule has 0 unspecified atom stereocenters. The Morgan fingerprint density at radius 1 is 0.625 bits per heavy atom. The van der Waals surface area contributed by atoms with Gasteiger partial charge in [-0.3, -0.25) is 0 Å². The zero-order valence-corrected chi connectivity index (χ0v) is 10.3. The second kappa shape index (κ2) is 12.9. The van der Waals surface area contributed by atoms with Crippen molar-refractivity contribution in [1.29, 1.82) is 0 Å². The van der Waals surface area contributed by atoms with E-state index in [4.69, 9.17) is 29.1 Å². The summed E-state index contributed by atoms with van der Waals surface area (Å²) in [6.07, 6.45) is 2.50. The molecule has 0 bridgehead atoms. The minimum absolute atomic E-state index is 0.449. The van der Waals surface area contributed by atoms with Crippen LogP contribution in [0.4, 0.5) is 0 Å². The normalized spacial score (nSPS) is 10.7. The summed E-state index contributed by atoms with van der Waals surface area (Å²) in [7, 11) is -1.12. The van der Waals surface area contributed by atoms with Gasteiger partial charge in [-0.15, -0.1) is 0 Å². The molecule has 0 N–H and O–H groups in total. The van der Waals surface area contributed by atoms with E-state index in [-0.39, 0.29) is 0 Å². The molecule has 0 saturated heterocycles. The van der Waals surface area contributed by atoms with E-state index in [2.05, 4.69) is 0 Å². The van der Waals surface area contributed by atoms with Crippen molar-refractivity contribution >= 4 is 7.32 Å². The van der Waals surface area contributed by atoms with Crippen molar-refractivity contribution < 1.29 is 29.1 Å². The summed E-state index contributed by atoms with van der Waals surface area (Å²) in [5, 5.41) is 0. The van der Waals surface area contributed by atoms with E-state index in [1.807, 2.05) is 20.8 Å². The summed E-state index contributed by atoms with van der Waals surface area (Å²) in [4.78, 5) is 28.7. The monoisotopic (exact) mass is 236 g/mol. The Morgan fingerprint density at radius 2 is 0.938 bits per heavy atom. The molecule has 0 amide bonds. The third-order valence-electron chi connectivity index (χ3n) is 1.30. The van der Waals surface area contributed by atoms with Gasteiger partial charge in [-0.25, -0.2) is 29.1 Å². The fourth-order valence-corrected chi connectivity index (χ4v) is 0.609. The molecule has 0 fully saturated rings. The van der Waals surface area contributed by atoms with Gasteiger partial charge in [0.25, 0.3) is 0 Å². The lowest BCUT2D eigenvalue weighted by Gasteiger charge is -2.11. The molecule has 0 atom stereocenters.